The van der Waals surface area contributed by atoms with Crippen molar-refractivity contribution in [3.63, 3.8) is 0 Å². The Morgan fingerprint density at radius 2 is 1.63 bits per heavy atom. The molecule has 1 aliphatic rings. The smallest absolute Gasteiger partial charge is 0.315 e. The average molecular weight is 280 g/mol. The molecule has 5 heteroatoms. The highest BCUT2D eigenvalue weighted by molar-refractivity contribution is 4.87. The van der Waals surface area contributed by atoms with Crippen molar-refractivity contribution in [2.24, 2.45) is 11.3 Å². The number of nitrogens with one attached hydrogen (secondary N) is 2. The van der Waals surface area contributed by atoms with Gasteiger partial charge in [0.25, 0.3) is 0 Å². The van der Waals surface area contributed by atoms with E-state index in [-0.39, 0.29) is 0 Å². The Kier molecular flexibility index (Phi) is 6.60. The van der Waals surface area contributed by atoms with Gasteiger partial charge in [0.05, 0.1) is 6.54 Å². The molecule has 0 amide bonds. The number of hydrogen-bond donors (Lipinski definition) is 2. The fourth-order valence-electron chi connectivity index (χ4n) is 3.20. The zero-order valence-corrected chi connectivity index (χ0v) is 12.1. The van der Waals surface area contributed by atoms with Crippen LogP contribution in [0.2, 0.25) is 0 Å². The highest BCUT2D eigenvalue weighted by Gasteiger charge is 2.33. The first-order chi connectivity index (χ1) is 8.83. The minimum atomic E-state index is -4.11. The van der Waals surface area contributed by atoms with Crippen molar-refractivity contribution in [2.75, 3.05) is 26.2 Å². The van der Waals surface area contributed by atoms with Gasteiger partial charge in [0.1, 0.15) is 0 Å². The Hall–Kier alpha value is -0.290. The third-order valence-corrected chi connectivity index (χ3v) is 3.81. The molecule has 0 aromatic heterocycles. The molecule has 0 bridgehead atoms. The van der Waals surface area contributed by atoms with Crippen LogP contribution in [0, 0.1) is 11.3 Å². The van der Waals surface area contributed by atoms with Crippen LogP contribution >= 0.6 is 0 Å². The molecule has 0 aromatic rings. The normalized spacial score (nSPS) is 19.3. The molecular weight excluding hydrogens is 253 g/mol. The fourth-order valence-corrected chi connectivity index (χ4v) is 3.20. The first-order valence-electron chi connectivity index (χ1n) is 7.31. The maximum Gasteiger partial charge on any atom is 0.401 e. The maximum atomic E-state index is 11.9. The van der Waals surface area contributed by atoms with Gasteiger partial charge in [0, 0.05) is 19.6 Å². The van der Waals surface area contributed by atoms with E-state index in [1.54, 1.807) is 0 Å². The van der Waals surface area contributed by atoms with E-state index < -0.39 is 12.7 Å². The van der Waals surface area contributed by atoms with Crippen molar-refractivity contribution >= 4 is 0 Å². The molecule has 0 atom stereocenters. The Labute approximate surface area is 114 Å². The van der Waals surface area contributed by atoms with Crippen molar-refractivity contribution in [3.8, 4) is 0 Å². The molecule has 0 radical (unpaired) electrons. The van der Waals surface area contributed by atoms with Gasteiger partial charge in [-0.2, -0.15) is 13.2 Å². The summed E-state index contributed by atoms with van der Waals surface area (Å²) in [6, 6.07) is 0. The number of alkyl halides is 3. The van der Waals surface area contributed by atoms with Gasteiger partial charge in [0.2, 0.25) is 0 Å². The van der Waals surface area contributed by atoms with Crippen LogP contribution in [-0.4, -0.2) is 32.4 Å². The first kappa shape index (κ1) is 16.8. The van der Waals surface area contributed by atoms with Gasteiger partial charge in [-0.05, 0) is 30.6 Å². The molecule has 0 saturated heterocycles. The monoisotopic (exact) mass is 280 g/mol. The molecule has 0 aliphatic heterocycles. The molecule has 114 valence electrons. The van der Waals surface area contributed by atoms with Gasteiger partial charge in [-0.3, -0.25) is 0 Å². The Morgan fingerprint density at radius 3 is 2.16 bits per heavy atom. The van der Waals surface area contributed by atoms with Crippen LogP contribution in [0.4, 0.5) is 13.2 Å². The minimum absolute atomic E-state index is 0.372. The fraction of sp³-hybridized carbons (Fsp3) is 1.00. The van der Waals surface area contributed by atoms with Crippen LogP contribution in [0.5, 0.6) is 0 Å². The van der Waals surface area contributed by atoms with Crippen LogP contribution in [0.3, 0.4) is 0 Å². The quantitative estimate of drug-likeness (QED) is 0.666. The molecule has 0 heterocycles. The van der Waals surface area contributed by atoms with Crippen LogP contribution in [-0.2, 0) is 0 Å². The predicted octanol–water partition coefficient (Wildman–Crippen LogP) is 3.33. The van der Waals surface area contributed by atoms with Gasteiger partial charge in [0.15, 0.2) is 0 Å². The molecular formula is C14H27F3N2. The van der Waals surface area contributed by atoms with E-state index in [1.807, 2.05) is 0 Å². The van der Waals surface area contributed by atoms with Crippen molar-refractivity contribution in [1.82, 2.24) is 10.6 Å². The lowest BCUT2D eigenvalue weighted by molar-refractivity contribution is -0.124. The minimum Gasteiger partial charge on any atom is -0.315 e. The first-order valence-corrected chi connectivity index (χ1v) is 7.31. The van der Waals surface area contributed by atoms with E-state index in [2.05, 4.69) is 24.5 Å². The average Bonchev–Trinajstić information content (AvgIpc) is 2.69. The third-order valence-electron chi connectivity index (χ3n) is 3.81. The van der Waals surface area contributed by atoms with E-state index in [9.17, 15) is 13.2 Å². The zero-order chi connectivity index (χ0) is 14.4. The summed E-state index contributed by atoms with van der Waals surface area (Å²) >= 11 is 0. The summed E-state index contributed by atoms with van der Waals surface area (Å²) in [5.41, 5.74) is 0.387. The van der Waals surface area contributed by atoms with Crippen LogP contribution in [0.1, 0.15) is 46.0 Å². The second-order valence-corrected chi connectivity index (χ2v) is 6.27. The highest BCUT2D eigenvalue weighted by atomic mass is 19.4. The van der Waals surface area contributed by atoms with E-state index in [0.717, 1.165) is 6.54 Å². The van der Waals surface area contributed by atoms with Crippen molar-refractivity contribution in [3.05, 3.63) is 0 Å². The highest BCUT2D eigenvalue weighted by Crippen LogP contribution is 2.42. The largest absolute Gasteiger partial charge is 0.401 e. The van der Waals surface area contributed by atoms with Gasteiger partial charge in [-0.25, -0.2) is 0 Å². The lowest BCUT2D eigenvalue weighted by Gasteiger charge is -2.31. The van der Waals surface area contributed by atoms with E-state index in [4.69, 9.17) is 0 Å². The van der Waals surface area contributed by atoms with Crippen LogP contribution < -0.4 is 10.6 Å². The molecule has 2 nitrogen and oxygen atoms in total. The summed E-state index contributed by atoms with van der Waals surface area (Å²) in [6.07, 6.45) is 2.21. The Balaban J connectivity index is 2.15. The van der Waals surface area contributed by atoms with Crippen molar-refractivity contribution in [1.29, 1.82) is 0 Å². The molecule has 1 rings (SSSR count). The topological polar surface area (TPSA) is 24.1 Å². The Bertz CT molecular complexity index is 246. The molecule has 0 spiro atoms. The Morgan fingerprint density at radius 1 is 1.05 bits per heavy atom. The maximum absolute atomic E-state index is 11.9. The third kappa shape index (κ3) is 7.16. The second-order valence-electron chi connectivity index (χ2n) is 6.27. The summed E-state index contributed by atoms with van der Waals surface area (Å²) in [4.78, 5) is 0. The second kappa shape index (κ2) is 7.48. The predicted molar refractivity (Wildman–Crippen MR) is 72.2 cm³/mol. The number of hydrogen-bond acceptors (Lipinski definition) is 2. The number of halogens is 3. The van der Waals surface area contributed by atoms with Gasteiger partial charge in [-0.1, -0.05) is 26.7 Å². The van der Waals surface area contributed by atoms with Crippen LogP contribution in [0.15, 0.2) is 0 Å². The summed E-state index contributed by atoms with van der Waals surface area (Å²) in [5, 5.41) is 5.75. The molecule has 2 N–H and O–H groups in total. The lowest BCUT2D eigenvalue weighted by Crippen LogP contribution is -2.38. The molecule has 1 fully saturated rings. The molecule has 0 aromatic carbocycles. The van der Waals surface area contributed by atoms with Gasteiger partial charge in [-0.15, -0.1) is 0 Å². The van der Waals surface area contributed by atoms with Crippen molar-refractivity contribution in [2.45, 2.75) is 52.1 Å². The lowest BCUT2D eigenvalue weighted by atomic mass is 9.78. The molecule has 1 aliphatic carbocycles. The number of rotatable bonds is 8. The van der Waals surface area contributed by atoms with Gasteiger partial charge >= 0.3 is 6.18 Å². The SMILES string of the molecule is CC(C)CC1(CNCCNCC(F)(F)F)CCCC1. The van der Waals surface area contributed by atoms with Gasteiger partial charge < -0.3 is 10.6 Å². The summed E-state index contributed by atoms with van der Waals surface area (Å²) < 4.78 is 35.8. The summed E-state index contributed by atoms with van der Waals surface area (Å²) in [5.74, 6) is 0.684. The van der Waals surface area contributed by atoms with Crippen molar-refractivity contribution < 1.29 is 13.2 Å². The van der Waals surface area contributed by atoms with E-state index in [0.29, 0.717) is 24.4 Å². The van der Waals surface area contributed by atoms with Crippen LogP contribution in [0.25, 0.3) is 0 Å². The summed E-state index contributed by atoms with van der Waals surface area (Å²) in [6.45, 7) is 5.51. The molecule has 1 saturated carbocycles. The summed E-state index contributed by atoms with van der Waals surface area (Å²) in [7, 11) is 0. The standard InChI is InChI=1S/C14H27F3N2/c1-12(2)9-13(5-3-4-6-13)10-18-7-8-19-11-14(15,16)17/h12,18-19H,3-11H2,1-2H3. The van der Waals surface area contributed by atoms with E-state index >= 15 is 0 Å². The molecule has 0 unspecified atom stereocenters. The molecule has 19 heavy (non-hydrogen) atoms. The zero-order valence-electron chi connectivity index (χ0n) is 12.1. The van der Waals surface area contributed by atoms with E-state index in [1.165, 1.54) is 32.1 Å².